The number of rotatable bonds is 3. The van der Waals surface area contributed by atoms with E-state index in [1.54, 1.807) is 0 Å². The highest BCUT2D eigenvalue weighted by Crippen LogP contribution is 2.27. The van der Waals surface area contributed by atoms with Crippen LogP contribution >= 0.6 is 27.5 Å². The van der Waals surface area contributed by atoms with E-state index in [0.29, 0.717) is 11.4 Å². The van der Waals surface area contributed by atoms with Crippen molar-refractivity contribution in [1.82, 2.24) is 0 Å². The Morgan fingerprint density at radius 2 is 1.83 bits per heavy atom. The molecule has 0 heterocycles. The molecule has 0 amide bonds. The minimum Gasteiger partial charge on any atom is -0.385 e. The Bertz CT molecular complexity index is 534. The second-order valence-electron chi connectivity index (χ2n) is 4.59. The van der Waals surface area contributed by atoms with Gasteiger partial charge in [-0.15, -0.1) is 0 Å². The summed E-state index contributed by atoms with van der Waals surface area (Å²) in [6.07, 6.45) is 0.556. The number of hydrogen-bond donors (Lipinski definition) is 1. The molecule has 2 aromatic carbocycles. The van der Waals surface area contributed by atoms with Gasteiger partial charge in [-0.05, 0) is 42.3 Å². The molecule has 0 aliphatic rings. The molecule has 0 fully saturated rings. The van der Waals surface area contributed by atoms with Gasteiger partial charge < -0.3 is 5.11 Å². The molecule has 1 nitrogen and oxygen atoms in total. The van der Waals surface area contributed by atoms with Crippen LogP contribution < -0.4 is 0 Å². The summed E-state index contributed by atoms with van der Waals surface area (Å²) in [5.41, 5.74) is 1.06. The molecular formula is C15H14BrClO. The van der Waals surface area contributed by atoms with Crippen molar-refractivity contribution in [1.29, 1.82) is 0 Å². The SMILES string of the molecule is CC(O)(Cc1ccc(Cl)cc1)c1cccc(Br)c1. The van der Waals surface area contributed by atoms with Gasteiger partial charge in [-0.25, -0.2) is 0 Å². The first-order valence-corrected chi connectivity index (χ1v) is 6.87. The molecule has 0 bridgehead atoms. The molecule has 1 N–H and O–H groups in total. The van der Waals surface area contributed by atoms with E-state index in [1.165, 1.54) is 0 Å². The topological polar surface area (TPSA) is 20.2 Å². The zero-order chi connectivity index (χ0) is 13.2. The van der Waals surface area contributed by atoms with Gasteiger partial charge in [0.15, 0.2) is 0 Å². The molecule has 0 aliphatic heterocycles. The van der Waals surface area contributed by atoms with Gasteiger partial charge >= 0.3 is 0 Å². The highest BCUT2D eigenvalue weighted by atomic mass is 79.9. The molecule has 1 atom stereocenters. The van der Waals surface area contributed by atoms with Crippen LogP contribution in [-0.2, 0) is 12.0 Å². The largest absolute Gasteiger partial charge is 0.385 e. The second kappa shape index (κ2) is 5.43. The Kier molecular flexibility index (Phi) is 4.10. The molecule has 0 radical (unpaired) electrons. The monoisotopic (exact) mass is 324 g/mol. The average molecular weight is 326 g/mol. The second-order valence-corrected chi connectivity index (χ2v) is 5.94. The van der Waals surface area contributed by atoms with Crippen LogP contribution in [0.3, 0.4) is 0 Å². The van der Waals surface area contributed by atoms with Crippen molar-refractivity contribution in [3.63, 3.8) is 0 Å². The van der Waals surface area contributed by atoms with E-state index >= 15 is 0 Å². The predicted molar refractivity (Wildman–Crippen MR) is 78.9 cm³/mol. The summed E-state index contributed by atoms with van der Waals surface area (Å²) in [4.78, 5) is 0. The first-order chi connectivity index (χ1) is 8.47. The Hall–Kier alpha value is -0.830. The summed E-state index contributed by atoms with van der Waals surface area (Å²) in [6.45, 7) is 1.82. The van der Waals surface area contributed by atoms with Crippen LogP contribution in [0.4, 0.5) is 0 Å². The zero-order valence-electron chi connectivity index (χ0n) is 10.0. The normalized spacial score (nSPS) is 14.2. The van der Waals surface area contributed by atoms with E-state index in [9.17, 15) is 5.11 Å². The molecule has 0 spiro atoms. The summed E-state index contributed by atoms with van der Waals surface area (Å²) in [7, 11) is 0. The van der Waals surface area contributed by atoms with Crippen molar-refractivity contribution in [2.75, 3.05) is 0 Å². The van der Waals surface area contributed by atoms with Crippen LogP contribution in [0.1, 0.15) is 18.1 Å². The molecule has 0 aromatic heterocycles. The summed E-state index contributed by atoms with van der Waals surface area (Å²) in [6, 6.07) is 15.3. The minimum absolute atomic E-state index is 0.556. The first kappa shape index (κ1) is 13.6. The van der Waals surface area contributed by atoms with Gasteiger partial charge in [0, 0.05) is 15.9 Å². The van der Waals surface area contributed by atoms with E-state index in [4.69, 9.17) is 11.6 Å². The summed E-state index contributed by atoms with van der Waals surface area (Å²) in [5.74, 6) is 0. The van der Waals surface area contributed by atoms with Crippen LogP contribution in [0.25, 0.3) is 0 Å². The Morgan fingerprint density at radius 1 is 1.17 bits per heavy atom. The molecule has 3 heteroatoms. The average Bonchev–Trinajstić information content (AvgIpc) is 2.32. The fourth-order valence-corrected chi connectivity index (χ4v) is 2.45. The highest BCUT2D eigenvalue weighted by molar-refractivity contribution is 9.10. The van der Waals surface area contributed by atoms with Crippen molar-refractivity contribution in [2.45, 2.75) is 18.9 Å². The number of benzene rings is 2. The molecule has 0 saturated carbocycles. The Labute approximate surface area is 121 Å². The lowest BCUT2D eigenvalue weighted by atomic mass is 9.89. The number of halogens is 2. The Morgan fingerprint density at radius 3 is 2.44 bits per heavy atom. The Balaban J connectivity index is 2.23. The smallest absolute Gasteiger partial charge is 0.0909 e. The van der Waals surface area contributed by atoms with Gasteiger partial charge in [0.25, 0.3) is 0 Å². The van der Waals surface area contributed by atoms with Gasteiger partial charge in [0.05, 0.1) is 5.60 Å². The molecule has 2 aromatic rings. The maximum atomic E-state index is 10.6. The maximum Gasteiger partial charge on any atom is 0.0909 e. The van der Waals surface area contributed by atoms with Crippen LogP contribution in [0.15, 0.2) is 53.0 Å². The molecule has 2 rings (SSSR count). The predicted octanol–water partition coefficient (Wildman–Crippen LogP) is 4.55. The summed E-state index contributed by atoms with van der Waals surface area (Å²) < 4.78 is 0.969. The van der Waals surface area contributed by atoms with Gasteiger partial charge in [-0.1, -0.05) is 51.8 Å². The van der Waals surface area contributed by atoms with Gasteiger partial charge in [-0.2, -0.15) is 0 Å². The van der Waals surface area contributed by atoms with Gasteiger partial charge in [-0.3, -0.25) is 0 Å². The molecule has 94 valence electrons. The summed E-state index contributed by atoms with van der Waals surface area (Å²) in [5, 5.41) is 11.3. The fraction of sp³-hybridized carbons (Fsp3) is 0.200. The third-order valence-corrected chi connectivity index (χ3v) is 3.65. The molecule has 1 unspecified atom stereocenters. The van der Waals surface area contributed by atoms with E-state index in [1.807, 2.05) is 55.5 Å². The van der Waals surface area contributed by atoms with E-state index in [-0.39, 0.29) is 0 Å². The number of hydrogen-bond acceptors (Lipinski definition) is 1. The third kappa shape index (κ3) is 3.35. The van der Waals surface area contributed by atoms with Gasteiger partial charge in [0.2, 0.25) is 0 Å². The quantitative estimate of drug-likeness (QED) is 0.877. The molecule has 0 saturated heterocycles. The van der Waals surface area contributed by atoms with Crippen molar-refractivity contribution in [2.24, 2.45) is 0 Å². The molecule has 0 aliphatic carbocycles. The standard InChI is InChI=1S/C15H14BrClO/c1-15(18,12-3-2-4-13(16)9-12)10-11-5-7-14(17)8-6-11/h2-9,18H,10H2,1H3. The van der Waals surface area contributed by atoms with E-state index in [0.717, 1.165) is 15.6 Å². The maximum absolute atomic E-state index is 10.6. The van der Waals surface area contributed by atoms with E-state index in [2.05, 4.69) is 15.9 Å². The lowest BCUT2D eigenvalue weighted by molar-refractivity contribution is 0.0576. The fourth-order valence-electron chi connectivity index (χ4n) is 1.93. The van der Waals surface area contributed by atoms with Crippen LogP contribution in [0.5, 0.6) is 0 Å². The van der Waals surface area contributed by atoms with Crippen molar-refractivity contribution in [3.05, 3.63) is 69.2 Å². The van der Waals surface area contributed by atoms with Crippen LogP contribution in [0.2, 0.25) is 5.02 Å². The van der Waals surface area contributed by atoms with Crippen molar-refractivity contribution in [3.8, 4) is 0 Å². The van der Waals surface area contributed by atoms with Crippen LogP contribution in [0, 0.1) is 0 Å². The lowest BCUT2D eigenvalue weighted by Crippen LogP contribution is -2.24. The first-order valence-electron chi connectivity index (χ1n) is 5.70. The molecular weight excluding hydrogens is 312 g/mol. The zero-order valence-corrected chi connectivity index (χ0v) is 12.4. The highest BCUT2D eigenvalue weighted by Gasteiger charge is 2.23. The lowest BCUT2D eigenvalue weighted by Gasteiger charge is -2.24. The number of aliphatic hydroxyl groups is 1. The third-order valence-electron chi connectivity index (χ3n) is 2.91. The van der Waals surface area contributed by atoms with Crippen molar-refractivity contribution >= 4 is 27.5 Å². The van der Waals surface area contributed by atoms with Crippen molar-refractivity contribution < 1.29 is 5.11 Å². The van der Waals surface area contributed by atoms with Gasteiger partial charge in [0.1, 0.15) is 0 Å². The van der Waals surface area contributed by atoms with E-state index < -0.39 is 5.60 Å². The minimum atomic E-state index is -0.891. The van der Waals surface area contributed by atoms with Crippen LogP contribution in [-0.4, -0.2) is 5.11 Å². The molecule has 18 heavy (non-hydrogen) atoms. The summed E-state index contributed by atoms with van der Waals surface area (Å²) >= 11 is 9.27.